The van der Waals surface area contributed by atoms with Gasteiger partial charge in [-0.05, 0) is 37.4 Å². The molecule has 2 rings (SSSR count). The molecule has 0 spiro atoms. The first-order valence-electron chi connectivity index (χ1n) is 6.53. The van der Waals surface area contributed by atoms with Crippen molar-refractivity contribution in [3.05, 3.63) is 35.0 Å². The second-order valence-corrected chi connectivity index (χ2v) is 5.32. The number of benzene rings is 1. The van der Waals surface area contributed by atoms with Gasteiger partial charge in [0, 0.05) is 11.8 Å². The maximum atomic E-state index is 12.1. The molecule has 2 aromatic rings. The Bertz CT molecular complexity index is 577. The molecular weight excluding hydrogens is 262 g/mol. The summed E-state index contributed by atoms with van der Waals surface area (Å²) in [5, 5.41) is 1.40. The third-order valence-corrected chi connectivity index (χ3v) is 3.59. The van der Waals surface area contributed by atoms with Crippen LogP contribution in [0, 0.1) is 5.92 Å². The Hall–Kier alpha value is -1.32. The highest BCUT2D eigenvalue weighted by molar-refractivity contribution is 6.34. The van der Waals surface area contributed by atoms with Gasteiger partial charge < -0.3 is 10.2 Å². The summed E-state index contributed by atoms with van der Waals surface area (Å²) in [5.41, 5.74) is 6.08. The Morgan fingerprint density at radius 3 is 2.89 bits per heavy atom. The Kier molecular flexibility index (Phi) is 4.61. The van der Waals surface area contributed by atoms with Crippen LogP contribution in [0.4, 0.5) is 0 Å². The van der Waals surface area contributed by atoms with Crippen molar-refractivity contribution in [1.29, 1.82) is 0 Å². The van der Waals surface area contributed by atoms with Gasteiger partial charge in [-0.15, -0.1) is 0 Å². The Labute approximate surface area is 117 Å². The summed E-state index contributed by atoms with van der Waals surface area (Å²) in [7, 11) is 0. The molecule has 0 saturated heterocycles. The van der Waals surface area contributed by atoms with Gasteiger partial charge in [0.25, 0.3) is 0 Å². The standard InChI is InChI=1S/C15H18ClNO2/c1-10(7-8-17)5-6-13(18)14-9-11-3-2-4-12(16)15(11)19-14/h2-4,9-10H,5-8,17H2,1H3. The van der Waals surface area contributed by atoms with Crippen LogP contribution in [0.1, 0.15) is 36.7 Å². The summed E-state index contributed by atoms with van der Waals surface area (Å²) in [6.07, 6.45) is 2.26. The van der Waals surface area contributed by atoms with E-state index in [2.05, 4.69) is 6.92 Å². The molecule has 1 heterocycles. The van der Waals surface area contributed by atoms with Crippen molar-refractivity contribution in [2.75, 3.05) is 6.54 Å². The van der Waals surface area contributed by atoms with Crippen LogP contribution in [0.15, 0.2) is 28.7 Å². The number of Topliss-reactive ketones (excluding diaryl/α,β-unsaturated/α-hetero) is 1. The van der Waals surface area contributed by atoms with E-state index in [1.807, 2.05) is 12.1 Å². The van der Waals surface area contributed by atoms with Gasteiger partial charge in [-0.1, -0.05) is 30.7 Å². The van der Waals surface area contributed by atoms with Gasteiger partial charge in [-0.3, -0.25) is 4.79 Å². The fourth-order valence-electron chi connectivity index (χ4n) is 2.09. The number of ketones is 1. The third-order valence-electron chi connectivity index (χ3n) is 3.29. The smallest absolute Gasteiger partial charge is 0.198 e. The average Bonchev–Trinajstić information content (AvgIpc) is 2.82. The van der Waals surface area contributed by atoms with Gasteiger partial charge in [0.05, 0.1) is 5.02 Å². The molecule has 1 aromatic carbocycles. The number of fused-ring (bicyclic) bond motifs is 1. The fourth-order valence-corrected chi connectivity index (χ4v) is 2.31. The van der Waals surface area contributed by atoms with Gasteiger partial charge >= 0.3 is 0 Å². The van der Waals surface area contributed by atoms with Crippen LogP contribution in [0.25, 0.3) is 11.0 Å². The predicted molar refractivity (Wildman–Crippen MR) is 77.6 cm³/mol. The normalized spacial score (nSPS) is 12.8. The van der Waals surface area contributed by atoms with Crippen LogP contribution in [0.2, 0.25) is 5.02 Å². The number of halogens is 1. The lowest BCUT2D eigenvalue weighted by Gasteiger charge is -2.07. The second-order valence-electron chi connectivity index (χ2n) is 4.91. The molecule has 0 bridgehead atoms. The number of nitrogens with two attached hydrogens (primary N) is 1. The number of hydrogen-bond donors (Lipinski definition) is 1. The fraction of sp³-hybridized carbons (Fsp3) is 0.400. The van der Waals surface area contributed by atoms with Crippen LogP contribution in [0.3, 0.4) is 0 Å². The summed E-state index contributed by atoms with van der Waals surface area (Å²) < 4.78 is 5.55. The maximum absolute atomic E-state index is 12.1. The highest BCUT2D eigenvalue weighted by Crippen LogP contribution is 2.27. The second kappa shape index (κ2) is 6.22. The molecule has 1 unspecified atom stereocenters. The minimum Gasteiger partial charge on any atom is -0.451 e. The Balaban J connectivity index is 2.07. The minimum absolute atomic E-state index is 0.0242. The van der Waals surface area contributed by atoms with Gasteiger partial charge in [-0.2, -0.15) is 0 Å². The molecule has 0 saturated carbocycles. The number of carbonyl (C=O) groups excluding carboxylic acids is 1. The van der Waals surface area contributed by atoms with Crippen molar-refractivity contribution in [2.45, 2.75) is 26.2 Å². The molecule has 0 aliphatic rings. The van der Waals surface area contributed by atoms with Gasteiger partial charge in [0.2, 0.25) is 0 Å². The lowest BCUT2D eigenvalue weighted by molar-refractivity contribution is 0.0949. The molecule has 102 valence electrons. The first-order valence-corrected chi connectivity index (χ1v) is 6.91. The van der Waals surface area contributed by atoms with Crippen molar-refractivity contribution in [1.82, 2.24) is 0 Å². The molecule has 3 nitrogen and oxygen atoms in total. The average molecular weight is 280 g/mol. The SMILES string of the molecule is CC(CCN)CCC(=O)c1cc2cccc(Cl)c2o1. The van der Waals surface area contributed by atoms with E-state index in [0.29, 0.717) is 35.2 Å². The molecule has 4 heteroatoms. The third kappa shape index (κ3) is 3.37. The van der Waals surface area contributed by atoms with E-state index >= 15 is 0 Å². The lowest BCUT2D eigenvalue weighted by atomic mass is 9.99. The topological polar surface area (TPSA) is 56.2 Å². The van der Waals surface area contributed by atoms with Crippen LogP contribution in [-0.4, -0.2) is 12.3 Å². The van der Waals surface area contributed by atoms with Crippen LogP contribution >= 0.6 is 11.6 Å². The summed E-state index contributed by atoms with van der Waals surface area (Å²) in [4.78, 5) is 12.1. The van der Waals surface area contributed by atoms with E-state index in [-0.39, 0.29) is 5.78 Å². The molecule has 0 radical (unpaired) electrons. The zero-order chi connectivity index (χ0) is 13.8. The number of carbonyl (C=O) groups is 1. The van der Waals surface area contributed by atoms with Crippen LogP contribution in [0.5, 0.6) is 0 Å². The molecule has 0 aliphatic carbocycles. The Morgan fingerprint density at radius 1 is 1.42 bits per heavy atom. The molecule has 0 fully saturated rings. The van der Waals surface area contributed by atoms with E-state index < -0.39 is 0 Å². The molecule has 1 aromatic heterocycles. The molecule has 0 amide bonds. The van der Waals surface area contributed by atoms with Gasteiger partial charge in [0.1, 0.15) is 0 Å². The molecular formula is C15H18ClNO2. The zero-order valence-corrected chi connectivity index (χ0v) is 11.7. The van der Waals surface area contributed by atoms with Crippen molar-refractivity contribution in [3.8, 4) is 0 Å². The summed E-state index contributed by atoms with van der Waals surface area (Å²) >= 11 is 6.02. The van der Waals surface area contributed by atoms with Crippen LogP contribution < -0.4 is 5.73 Å². The Morgan fingerprint density at radius 2 is 2.21 bits per heavy atom. The van der Waals surface area contributed by atoms with Crippen molar-refractivity contribution in [3.63, 3.8) is 0 Å². The molecule has 2 N–H and O–H groups in total. The lowest BCUT2D eigenvalue weighted by Crippen LogP contribution is -2.07. The van der Waals surface area contributed by atoms with E-state index in [1.165, 1.54) is 0 Å². The van der Waals surface area contributed by atoms with Gasteiger partial charge in [0.15, 0.2) is 17.1 Å². The highest BCUT2D eigenvalue weighted by Gasteiger charge is 2.14. The van der Waals surface area contributed by atoms with Crippen LogP contribution in [-0.2, 0) is 0 Å². The maximum Gasteiger partial charge on any atom is 0.198 e. The molecule has 19 heavy (non-hydrogen) atoms. The first-order chi connectivity index (χ1) is 9.11. The summed E-state index contributed by atoms with van der Waals surface area (Å²) in [6, 6.07) is 7.25. The molecule has 0 aliphatic heterocycles. The van der Waals surface area contributed by atoms with Gasteiger partial charge in [-0.25, -0.2) is 0 Å². The van der Waals surface area contributed by atoms with E-state index in [9.17, 15) is 4.79 Å². The summed E-state index contributed by atoms with van der Waals surface area (Å²) in [6.45, 7) is 2.77. The predicted octanol–water partition coefficient (Wildman–Crippen LogP) is 4.03. The highest BCUT2D eigenvalue weighted by atomic mass is 35.5. The van der Waals surface area contributed by atoms with E-state index in [1.54, 1.807) is 12.1 Å². The quantitative estimate of drug-likeness (QED) is 0.812. The van der Waals surface area contributed by atoms with E-state index in [4.69, 9.17) is 21.8 Å². The number of furan rings is 1. The number of rotatable bonds is 6. The van der Waals surface area contributed by atoms with Crippen molar-refractivity contribution < 1.29 is 9.21 Å². The number of para-hydroxylation sites is 1. The van der Waals surface area contributed by atoms with Crippen molar-refractivity contribution in [2.24, 2.45) is 11.7 Å². The summed E-state index contributed by atoms with van der Waals surface area (Å²) in [5.74, 6) is 0.876. The molecule has 1 atom stereocenters. The zero-order valence-electron chi connectivity index (χ0n) is 11.0. The monoisotopic (exact) mass is 279 g/mol. The van der Waals surface area contributed by atoms with E-state index in [0.717, 1.165) is 18.2 Å². The van der Waals surface area contributed by atoms with Crippen molar-refractivity contribution >= 4 is 28.4 Å². The number of hydrogen-bond acceptors (Lipinski definition) is 3. The largest absolute Gasteiger partial charge is 0.451 e. The minimum atomic E-state index is 0.0242. The first kappa shape index (κ1) is 14.1.